The predicted octanol–water partition coefficient (Wildman–Crippen LogP) is 3.93. The van der Waals surface area contributed by atoms with E-state index in [9.17, 15) is 9.90 Å². The summed E-state index contributed by atoms with van der Waals surface area (Å²) in [7, 11) is 0. The molecule has 3 aromatic carbocycles. The molecule has 0 saturated heterocycles. The third-order valence-corrected chi connectivity index (χ3v) is 4.84. The molecular weight excluding hydrogens is 392 g/mol. The van der Waals surface area contributed by atoms with Crippen molar-refractivity contribution in [2.24, 2.45) is 0 Å². The van der Waals surface area contributed by atoms with Crippen LogP contribution in [0.25, 0.3) is 0 Å². The van der Waals surface area contributed by atoms with Crippen LogP contribution in [0.5, 0.6) is 0 Å². The Balaban J connectivity index is 1.60. The van der Waals surface area contributed by atoms with E-state index < -0.39 is 18.3 Å². The number of hydrogen-bond donors (Lipinski definition) is 1. The summed E-state index contributed by atoms with van der Waals surface area (Å²) >= 11 is 0. The average Bonchev–Trinajstić information content (AvgIpc) is 2.83. The van der Waals surface area contributed by atoms with E-state index in [0.717, 1.165) is 16.7 Å². The second-order valence-electron chi connectivity index (χ2n) is 7.22. The molecular formula is C26H28O5. The van der Waals surface area contributed by atoms with Gasteiger partial charge in [-0.25, -0.2) is 0 Å². The van der Waals surface area contributed by atoms with E-state index in [0.29, 0.717) is 19.5 Å². The largest absolute Gasteiger partial charge is 0.387 e. The van der Waals surface area contributed by atoms with Gasteiger partial charge in [0.05, 0.1) is 26.4 Å². The van der Waals surface area contributed by atoms with Gasteiger partial charge in [-0.1, -0.05) is 91.0 Å². The van der Waals surface area contributed by atoms with Crippen LogP contribution < -0.4 is 0 Å². The molecule has 3 atom stereocenters. The quantitative estimate of drug-likeness (QED) is 0.425. The number of carbonyl (C=O) groups excluding carboxylic acids is 1. The fourth-order valence-electron chi connectivity index (χ4n) is 3.09. The summed E-state index contributed by atoms with van der Waals surface area (Å²) in [4.78, 5) is 11.7. The van der Waals surface area contributed by atoms with Crippen LogP contribution in [0, 0.1) is 0 Å². The van der Waals surface area contributed by atoms with Gasteiger partial charge in [-0.2, -0.15) is 0 Å². The molecule has 0 heterocycles. The smallest absolute Gasteiger partial charge is 0.151 e. The molecule has 5 heteroatoms. The van der Waals surface area contributed by atoms with Crippen LogP contribution in [0.4, 0.5) is 0 Å². The van der Waals surface area contributed by atoms with Crippen molar-refractivity contribution >= 4 is 6.29 Å². The number of aliphatic hydroxyl groups is 1. The first-order valence-corrected chi connectivity index (χ1v) is 10.3. The van der Waals surface area contributed by atoms with E-state index in [1.54, 1.807) is 0 Å². The SMILES string of the molecule is O=C[C@@H](OCc1ccccc1)[C@H](O)[C@@H](COCc1ccccc1)OCc1ccccc1. The van der Waals surface area contributed by atoms with Crippen LogP contribution in [-0.4, -0.2) is 36.3 Å². The molecule has 0 aliphatic rings. The van der Waals surface area contributed by atoms with Gasteiger partial charge in [-0.15, -0.1) is 0 Å². The fourth-order valence-corrected chi connectivity index (χ4v) is 3.09. The standard InChI is InChI=1S/C26H28O5/c27-16-24(30-18-22-12-6-2-7-13-22)26(28)25(31-19-23-14-8-3-9-15-23)20-29-17-21-10-4-1-5-11-21/h1-16,24-26,28H,17-20H2/t24-,25-,26+/m1/s1. The van der Waals surface area contributed by atoms with Crippen molar-refractivity contribution in [1.29, 1.82) is 0 Å². The van der Waals surface area contributed by atoms with Crippen molar-refractivity contribution in [2.45, 2.75) is 38.1 Å². The molecule has 0 radical (unpaired) electrons. The molecule has 0 bridgehead atoms. The van der Waals surface area contributed by atoms with E-state index in [4.69, 9.17) is 14.2 Å². The summed E-state index contributed by atoms with van der Waals surface area (Å²) in [6.07, 6.45) is -2.30. The summed E-state index contributed by atoms with van der Waals surface area (Å²) in [5.74, 6) is 0. The molecule has 0 saturated carbocycles. The van der Waals surface area contributed by atoms with Gasteiger partial charge in [0, 0.05) is 0 Å². The fraction of sp³-hybridized carbons (Fsp3) is 0.269. The number of aldehydes is 1. The van der Waals surface area contributed by atoms with Gasteiger partial charge in [-0.3, -0.25) is 0 Å². The van der Waals surface area contributed by atoms with Crippen molar-refractivity contribution < 1.29 is 24.1 Å². The molecule has 5 nitrogen and oxygen atoms in total. The summed E-state index contributed by atoms with van der Waals surface area (Å²) in [6.45, 7) is 1.02. The lowest BCUT2D eigenvalue weighted by atomic mass is 10.1. The Morgan fingerprint density at radius 2 is 1.13 bits per heavy atom. The molecule has 162 valence electrons. The van der Waals surface area contributed by atoms with E-state index in [1.807, 2.05) is 91.0 Å². The van der Waals surface area contributed by atoms with Gasteiger partial charge in [-0.05, 0) is 16.7 Å². The number of aliphatic hydroxyl groups excluding tert-OH is 1. The van der Waals surface area contributed by atoms with Gasteiger partial charge in [0.1, 0.15) is 18.3 Å². The Hall–Kier alpha value is -2.83. The molecule has 3 aromatic rings. The maximum atomic E-state index is 11.7. The van der Waals surface area contributed by atoms with Gasteiger partial charge in [0.2, 0.25) is 0 Å². The summed E-state index contributed by atoms with van der Waals surface area (Å²) in [5.41, 5.74) is 2.91. The lowest BCUT2D eigenvalue weighted by molar-refractivity contribution is -0.151. The minimum absolute atomic E-state index is 0.127. The molecule has 0 fully saturated rings. The number of rotatable bonds is 13. The van der Waals surface area contributed by atoms with Gasteiger partial charge >= 0.3 is 0 Å². The van der Waals surface area contributed by atoms with Crippen molar-refractivity contribution in [1.82, 2.24) is 0 Å². The van der Waals surface area contributed by atoms with Crippen LogP contribution in [-0.2, 0) is 38.8 Å². The number of ether oxygens (including phenoxy) is 3. The molecule has 3 rings (SSSR count). The van der Waals surface area contributed by atoms with Gasteiger partial charge < -0.3 is 24.1 Å². The zero-order valence-electron chi connectivity index (χ0n) is 17.4. The Labute approximate surface area is 183 Å². The van der Waals surface area contributed by atoms with E-state index in [2.05, 4.69) is 0 Å². The molecule has 0 aliphatic heterocycles. The maximum absolute atomic E-state index is 11.7. The highest BCUT2D eigenvalue weighted by molar-refractivity contribution is 5.57. The minimum atomic E-state index is -1.17. The maximum Gasteiger partial charge on any atom is 0.151 e. The predicted molar refractivity (Wildman–Crippen MR) is 118 cm³/mol. The average molecular weight is 421 g/mol. The van der Waals surface area contributed by atoms with Crippen LogP contribution >= 0.6 is 0 Å². The normalized spacial score (nSPS) is 14.0. The number of benzene rings is 3. The first kappa shape index (κ1) is 22.8. The lowest BCUT2D eigenvalue weighted by Crippen LogP contribution is -2.44. The van der Waals surface area contributed by atoms with Crippen LogP contribution in [0.3, 0.4) is 0 Å². The van der Waals surface area contributed by atoms with Crippen molar-refractivity contribution in [2.75, 3.05) is 6.61 Å². The molecule has 0 unspecified atom stereocenters. The highest BCUT2D eigenvalue weighted by Gasteiger charge is 2.29. The third-order valence-electron chi connectivity index (χ3n) is 4.84. The second kappa shape index (κ2) is 12.8. The van der Waals surface area contributed by atoms with Crippen molar-refractivity contribution in [3.05, 3.63) is 108 Å². The first-order chi connectivity index (χ1) is 15.3. The molecule has 0 spiro atoms. The Bertz CT molecular complexity index is 870. The zero-order chi connectivity index (χ0) is 21.7. The third kappa shape index (κ3) is 7.74. The van der Waals surface area contributed by atoms with E-state index in [-0.39, 0.29) is 13.2 Å². The topological polar surface area (TPSA) is 65.0 Å². The minimum Gasteiger partial charge on any atom is -0.387 e. The Morgan fingerprint density at radius 3 is 1.61 bits per heavy atom. The Kier molecular flexibility index (Phi) is 9.41. The summed E-state index contributed by atoms with van der Waals surface area (Å²) in [6, 6.07) is 28.9. The zero-order valence-corrected chi connectivity index (χ0v) is 17.4. The molecule has 0 aromatic heterocycles. The van der Waals surface area contributed by atoms with E-state index in [1.165, 1.54) is 0 Å². The highest BCUT2D eigenvalue weighted by atomic mass is 16.5. The summed E-state index contributed by atoms with van der Waals surface area (Å²) in [5, 5.41) is 10.9. The first-order valence-electron chi connectivity index (χ1n) is 10.3. The van der Waals surface area contributed by atoms with Gasteiger partial charge in [0.25, 0.3) is 0 Å². The Morgan fingerprint density at radius 1 is 0.677 bits per heavy atom. The van der Waals surface area contributed by atoms with Crippen LogP contribution in [0.15, 0.2) is 91.0 Å². The number of hydrogen-bond acceptors (Lipinski definition) is 5. The summed E-state index contributed by atoms with van der Waals surface area (Å²) < 4.78 is 17.4. The monoisotopic (exact) mass is 420 g/mol. The van der Waals surface area contributed by atoms with Crippen molar-refractivity contribution in [3.63, 3.8) is 0 Å². The molecule has 0 aliphatic carbocycles. The van der Waals surface area contributed by atoms with Gasteiger partial charge in [0.15, 0.2) is 6.29 Å². The lowest BCUT2D eigenvalue weighted by Gasteiger charge is -2.27. The van der Waals surface area contributed by atoms with Crippen LogP contribution in [0.1, 0.15) is 16.7 Å². The molecule has 0 amide bonds. The second-order valence-corrected chi connectivity index (χ2v) is 7.22. The molecule has 31 heavy (non-hydrogen) atoms. The molecule has 1 N–H and O–H groups in total. The number of carbonyl (C=O) groups is 1. The van der Waals surface area contributed by atoms with Crippen molar-refractivity contribution in [3.8, 4) is 0 Å². The van der Waals surface area contributed by atoms with E-state index >= 15 is 0 Å². The highest BCUT2D eigenvalue weighted by Crippen LogP contribution is 2.14. The van der Waals surface area contributed by atoms with Crippen LogP contribution in [0.2, 0.25) is 0 Å².